The Morgan fingerprint density at radius 1 is 1.38 bits per heavy atom. The first-order valence-electron chi connectivity index (χ1n) is 7.32. The number of nitrogens with zero attached hydrogens (tertiary/aromatic N) is 1. The van der Waals surface area contributed by atoms with Gasteiger partial charge < -0.3 is 20.1 Å². The molecule has 0 aromatic heterocycles. The molecule has 0 unspecified atom stereocenters. The molecule has 0 atom stereocenters. The van der Waals surface area contributed by atoms with Crippen molar-refractivity contribution in [2.24, 2.45) is 5.73 Å². The number of amides is 1. The van der Waals surface area contributed by atoms with Crippen LogP contribution in [0, 0.1) is 0 Å². The maximum Gasteiger partial charge on any atom is 0.410 e. The van der Waals surface area contributed by atoms with Crippen LogP contribution in [0.5, 0.6) is 5.75 Å². The second-order valence-corrected chi connectivity index (χ2v) is 6.18. The highest BCUT2D eigenvalue weighted by Crippen LogP contribution is 2.29. The first-order chi connectivity index (χ1) is 9.90. The number of rotatable bonds is 3. The number of benzene rings is 1. The molecular formula is C16H24N2O3. The van der Waals surface area contributed by atoms with Crippen molar-refractivity contribution in [2.45, 2.75) is 39.3 Å². The normalized spacial score (nSPS) is 14.6. The number of hydrogen-bond acceptors (Lipinski definition) is 4. The standard InChI is InChI=1S/C16H24N2O3/c1-16(2,3)21-15(19)18-9-7-12-5-4-6-14(13(12)11-18)20-10-8-17/h4-6H,7-11,17H2,1-3H3. The average molecular weight is 292 g/mol. The third kappa shape index (κ3) is 4.11. The predicted molar refractivity (Wildman–Crippen MR) is 81.3 cm³/mol. The molecule has 2 N–H and O–H groups in total. The van der Waals surface area contributed by atoms with Gasteiger partial charge in [-0.1, -0.05) is 12.1 Å². The van der Waals surface area contributed by atoms with E-state index < -0.39 is 5.60 Å². The quantitative estimate of drug-likeness (QED) is 0.928. The lowest BCUT2D eigenvalue weighted by Crippen LogP contribution is -2.40. The van der Waals surface area contributed by atoms with E-state index in [0.29, 0.717) is 26.2 Å². The second kappa shape index (κ2) is 6.35. The molecule has 0 saturated heterocycles. The zero-order chi connectivity index (χ0) is 15.5. The van der Waals surface area contributed by atoms with Gasteiger partial charge in [-0.25, -0.2) is 4.79 Å². The van der Waals surface area contributed by atoms with Gasteiger partial charge in [-0.15, -0.1) is 0 Å². The van der Waals surface area contributed by atoms with Gasteiger partial charge in [0.05, 0.1) is 6.54 Å². The summed E-state index contributed by atoms with van der Waals surface area (Å²) >= 11 is 0. The molecule has 1 aromatic rings. The summed E-state index contributed by atoms with van der Waals surface area (Å²) in [6.45, 7) is 7.76. The second-order valence-electron chi connectivity index (χ2n) is 6.18. The number of ether oxygens (including phenoxy) is 2. The first-order valence-corrected chi connectivity index (χ1v) is 7.32. The van der Waals surface area contributed by atoms with Gasteiger partial charge in [0.25, 0.3) is 0 Å². The Kier molecular flexibility index (Phi) is 4.73. The molecule has 0 fully saturated rings. The van der Waals surface area contributed by atoms with E-state index >= 15 is 0 Å². The molecule has 21 heavy (non-hydrogen) atoms. The van der Waals surface area contributed by atoms with E-state index in [1.807, 2.05) is 32.9 Å². The van der Waals surface area contributed by atoms with Crippen LogP contribution in [-0.2, 0) is 17.7 Å². The fourth-order valence-electron chi connectivity index (χ4n) is 2.34. The van der Waals surface area contributed by atoms with Crippen molar-refractivity contribution < 1.29 is 14.3 Å². The summed E-state index contributed by atoms with van der Waals surface area (Å²) in [6, 6.07) is 5.98. The Labute approximate surface area is 126 Å². The van der Waals surface area contributed by atoms with E-state index in [1.165, 1.54) is 5.56 Å². The number of hydrogen-bond donors (Lipinski definition) is 1. The minimum atomic E-state index is -0.479. The van der Waals surface area contributed by atoms with Crippen molar-refractivity contribution in [1.29, 1.82) is 0 Å². The Bertz CT molecular complexity index is 509. The van der Waals surface area contributed by atoms with Crippen molar-refractivity contribution in [1.82, 2.24) is 4.90 Å². The van der Waals surface area contributed by atoms with Crippen LogP contribution in [0.15, 0.2) is 18.2 Å². The molecule has 5 nitrogen and oxygen atoms in total. The summed E-state index contributed by atoms with van der Waals surface area (Å²) in [6.07, 6.45) is 0.538. The van der Waals surface area contributed by atoms with E-state index in [-0.39, 0.29) is 6.09 Å². The Balaban J connectivity index is 2.13. The lowest BCUT2D eigenvalue weighted by atomic mass is 9.99. The minimum Gasteiger partial charge on any atom is -0.492 e. The lowest BCUT2D eigenvalue weighted by Gasteiger charge is -2.32. The summed E-state index contributed by atoms with van der Waals surface area (Å²) in [4.78, 5) is 13.9. The fourth-order valence-corrected chi connectivity index (χ4v) is 2.34. The highest BCUT2D eigenvalue weighted by Gasteiger charge is 2.27. The van der Waals surface area contributed by atoms with Crippen LogP contribution in [0.25, 0.3) is 0 Å². The van der Waals surface area contributed by atoms with E-state index in [4.69, 9.17) is 15.2 Å². The molecule has 0 radical (unpaired) electrons. The zero-order valence-corrected chi connectivity index (χ0v) is 13.0. The molecule has 1 heterocycles. The summed E-state index contributed by atoms with van der Waals surface area (Å²) in [7, 11) is 0. The highest BCUT2D eigenvalue weighted by molar-refractivity contribution is 5.69. The Morgan fingerprint density at radius 3 is 2.81 bits per heavy atom. The van der Waals surface area contributed by atoms with Crippen LogP contribution in [0.2, 0.25) is 0 Å². The number of carbonyl (C=O) groups excluding carboxylic acids is 1. The number of carbonyl (C=O) groups is 1. The van der Waals surface area contributed by atoms with Gasteiger partial charge in [-0.2, -0.15) is 0 Å². The van der Waals surface area contributed by atoms with E-state index in [1.54, 1.807) is 4.90 Å². The van der Waals surface area contributed by atoms with Crippen LogP contribution in [0.3, 0.4) is 0 Å². The molecule has 1 aromatic carbocycles. The summed E-state index contributed by atoms with van der Waals surface area (Å²) < 4.78 is 11.1. The van der Waals surface area contributed by atoms with Crippen molar-refractivity contribution in [3.63, 3.8) is 0 Å². The van der Waals surface area contributed by atoms with E-state index in [2.05, 4.69) is 6.07 Å². The maximum atomic E-state index is 12.2. The minimum absolute atomic E-state index is 0.276. The number of nitrogens with two attached hydrogens (primary N) is 1. The van der Waals surface area contributed by atoms with E-state index in [9.17, 15) is 4.79 Å². The van der Waals surface area contributed by atoms with Crippen molar-refractivity contribution in [3.05, 3.63) is 29.3 Å². The van der Waals surface area contributed by atoms with Gasteiger partial charge in [-0.3, -0.25) is 0 Å². The van der Waals surface area contributed by atoms with Crippen molar-refractivity contribution in [2.75, 3.05) is 19.7 Å². The fraction of sp³-hybridized carbons (Fsp3) is 0.562. The van der Waals surface area contributed by atoms with Crippen LogP contribution >= 0.6 is 0 Å². The molecule has 0 aliphatic carbocycles. The first kappa shape index (κ1) is 15.6. The largest absolute Gasteiger partial charge is 0.492 e. The molecule has 1 aliphatic heterocycles. The van der Waals surface area contributed by atoms with Crippen LogP contribution in [0.1, 0.15) is 31.9 Å². The van der Waals surface area contributed by atoms with Crippen LogP contribution in [0.4, 0.5) is 4.79 Å². The molecule has 1 amide bonds. The molecule has 2 rings (SSSR count). The monoisotopic (exact) mass is 292 g/mol. The number of fused-ring (bicyclic) bond motifs is 1. The average Bonchev–Trinajstić information content (AvgIpc) is 2.42. The van der Waals surface area contributed by atoms with Gasteiger partial charge in [-0.05, 0) is 38.8 Å². The molecule has 0 saturated carbocycles. The van der Waals surface area contributed by atoms with Gasteiger partial charge in [0.15, 0.2) is 0 Å². The molecule has 0 bridgehead atoms. The molecule has 1 aliphatic rings. The van der Waals surface area contributed by atoms with Gasteiger partial charge in [0.1, 0.15) is 18.0 Å². The Morgan fingerprint density at radius 2 is 2.14 bits per heavy atom. The highest BCUT2D eigenvalue weighted by atomic mass is 16.6. The third-order valence-electron chi connectivity index (χ3n) is 3.26. The predicted octanol–water partition coefficient (Wildman–Crippen LogP) is 2.32. The molecular weight excluding hydrogens is 268 g/mol. The zero-order valence-electron chi connectivity index (χ0n) is 13.0. The molecule has 0 spiro atoms. The SMILES string of the molecule is CC(C)(C)OC(=O)N1CCc2cccc(OCCN)c2C1. The summed E-state index contributed by atoms with van der Waals surface area (Å²) in [5, 5.41) is 0. The van der Waals surface area contributed by atoms with Crippen molar-refractivity contribution in [3.8, 4) is 5.75 Å². The maximum absolute atomic E-state index is 12.2. The summed E-state index contributed by atoms with van der Waals surface area (Å²) in [5.74, 6) is 0.811. The van der Waals surface area contributed by atoms with Crippen molar-refractivity contribution >= 4 is 6.09 Å². The smallest absolute Gasteiger partial charge is 0.410 e. The van der Waals surface area contributed by atoms with Gasteiger partial charge >= 0.3 is 6.09 Å². The molecule has 5 heteroatoms. The lowest BCUT2D eigenvalue weighted by molar-refractivity contribution is 0.0222. The molecule has 116 valence electrons. The van der Waals surface area contributed by atoms with Gasteiger partial charge in [0.2, 0.25) is 0 Å². The van der Waals surface area contributed by atoms with Crippen LogP contribution < -0.4 is 10.5 Å². The Hall–Kier alpha value is -1.75. The summed E-state index contributed by atoms with van der Waals surface area (Å²) in [5.41, 5.74) is 7.29. The van der Waals surface area contributed by atoms with Gasteiger partial charge in [0, 0.05) is 18.7 Å². The van der Waals surface area contributed by atoms with Crippen LogP contribution in [-0.4, -0.2) is 36.3 Å². The third-order valence-corrected chi connectivity index (χ3v) is 3.26. The van der Waals surface area contributed by atoms with E-state index in [0.717, 1.165) is 17.7 Å². The topological polar surface area (TPSA) is 64.8 Å².